The third-order valence-electron chi connectivity index (χ3n) is 5.69. The normalized spacial score (nSPS) is 13.7. The van der Waals surface area contributed by atoms with Gasteiger partial charge in [-0.2, -0.15) is 0 Å². The second-order valence-electron chi connectivity index (χ2n) is 7.78. The molecule has 0 aromatic heterocycles. The Labute approximate surface area is 187 Å². The van der Waals surface area contributed by atoms with Gasteiger partial charge in [-0.05, 0) is 0 Å². The molecule has 0 saturated heterocycles. The van der Waals surface area contributed by atoms with Crippen LogP contribution in [0.3, 0.4) is 0 Å². The Balaban J connectivity index is 1.92. The summed E-state index contributed by atoms with van der Waals surface area (Å²) < 4.78 is 0. The molecule has 1 N–H and O–H groups in total. The van der Waals surface area contributed by atoms with Crippen molar-refractivity contribution in [2.24, 2.45) is 0 Å². The number of halogens is 1. The molecule has 1 unspecified atom stereocenters. The molecule has 152 valence electrons. The summed E-state index contributed by atoms with van der Waals surface area (Å²) in [5.41, 5.74) is 1.15. The van der Waals surface area contributed by atoms with Gasteiger partial charge in [0.1, 0.15) is 0 Å². The molecule has 0 fully saturated rings. The zero-order chi connectivity index (χ0) is 20.9. The predicted molar refractivity (Wildman–Crippen MR) is 138 cm³/mol. The van der Waals surface area contributed by atoms with Crippen LogP contribution < -0.4 is 21.2 Å². The van der Waals surface area contributed by atoms with Crippen molar-refractivity contribution >= 4 is 42.4 Å². The molecule has 0 heterocycles. The van der Waals surface area contributed by atoms with Gasteiger partial charge >= 0.3 is 188 Å². The molecule has 0 aliphatic rings. The fourth-order valence-electron chi connectivity index (χ4n) is 4.36. The molecule has 0 amide bonds. The standard InChI is InChI=1S/C27H27BrNP/c1-23(29-24-14-6-2-7-15-24)22-30(28,25-16-8-3-9-17-25,26-18-10-4-11-19-26)27-20-12-5-13-21-27/h2-21,23,29H,22H2,1H3. The van der Waals surface area contributed by atoms with Crippen LogP contribution in [0.2, 0.25) is 0 Å². The number of anilines is 1. The van der Waals surface area contributed by atoms with Gasteiger partial charge in [0, 0.05) is 0 Å². The van der Waals surface area contributed by atoms with E-state index in [4.69, 9.17) is 0 Å². The van der Waals surface area contributed by atoms with Crippen LogP contribution in [0.1, 0.15) is 6.92 Å². The molecule has 0 saturated carbocycles. The van der Waals surface area contributed by atoms with E-state index >= 15 is 0 Å². The minimum atomic E-state index is -2.91. The molecule has 3 heteroatoms. The van der Waals surface area contributed by atoms with Gasteiger partial charge in [0.2, 0.25) is 0 Å². The third kappa shape index (κ3) is 3.83. The molecule has 0 aliphatic carbocycles. The Kier molecular flexibility index (Phi) is 6.09. The van der Waals surface area contributed by atoms with Crippen LogP contribution in [-0.4, -0.2) is 12.2 Å². The summed E-state index contributed by atoms with van der Waals surface area (Å²) >= 11 is 4.52. The first-order valence-corrected chi connectivity index (χ1v) is 14.8. The summed E-state index contributed by atoms with van der Waals surface area (Å²) in [5.74, 6) is 0. The average molecular weight is 476 g/mol. The SMILES string of the molecule is CC(CP(Br)(c1ccccc1)(c1ccccc1)c1ccccc1)Nc1ccccc1. The van der Waals surface area contributed by atoms with Crippen molar-refractivity contribution in [1.29, 1.82) is 0 Å². The van der Waals surface area contributed by atoms with Gasteiger partial charge < -0.3 is 0 Å². The Morgan fingerprint density at radius 1 is 0.600 bits per heavy atom. The fourth-order valence-corrected chi connectivity index (χ4v) is 12.8. The molecule has 0 radical (unpaired) electrons. The van der Waals surface area contributed by atoms with E-state index in [1.165, 1.54) is 15.9 Å². The molecule has 4 aromatic rings. The summed E-state index contributed by atoms with van der Waals surface area (Å²) in [6, 6.07) is 43.6. The van der Waals surface area contributed by atoms with Crippen molar-refractivity contribution in [2.45, 2.75) is 13.0 Å². The van der Waals surface area contributed by atoms with Crippen LogP contribution in [0.5, 0.6) is 0 Å². The summed E-state index contributed by atoms with van der Waals surface area (Å²) in [7, 11) is 0. The van der Waals surface area contributed by atoms with E-state index in [2.05, 4.69) is 149 Å². The van der Waals surface area contributed by atoms with Gasteiger partial charge in [-0.3, -0.25) is 0 Å². The van der Waals surface area contributed by atoms with Crippen molar-refractivity contribution < 1.29 is 0 Å². The zero-order valence-corrected chi connectivity index (χ0v) is 19.6. The maximum absolute atomic E-state index is 4.52. The second-order valence-corrected chi connectivity index (χ2v) is 16.8. The van der Waals surface area contributed by atoms with Gasteiger partial charge in [-0.25, -0.2) is 0 Å². The molecule has 30 heavy (non-hydrogen) atoms. The summed E-state index contributed by atoms with van der Waals surface area (Å²) in [4.78, 5) is 0. The van der Waals surface area contributed by atoms with Gasteiger partial charge in [-0.1, -0.05) is 0 Å². The fraction of sp³-hybridized carbons (Fsp3) is 0.111. The Morgan fingerprint density at radius 3 is 1.30 bits per heavy atom. The zero-order valence-electron chi connectivity index (χ0n) is 17.2. The Morgan fingerprint density at radius 2 is 0.933 bits per heavy atom. The summed E-state index contributed by atoms with van der Waals surface area (Å²) in [6.45, 7) is 2.28. The van der Waals surface area contributed by atoms with E-state index < -0.39 is 5.31 Å². The molecule has 4 rings (SSSR count). The van der Waals surface area contributed by atoms with E-state index in [9.17, 15) is 0 Å². The van der Waals surface area contributed by atoms with Crippen LogP contribution in [0.15, 0.2) is 121 Å². The van der Waals surface area contributed by atoms with Gasteiger partial charge in [0.15, 0.2) is 0 Å². The molecule has 1 atom stereocenters. The van der Waals surface area contributed by atoms with Crippen LogP contribution in [-0.2, 0) is 0 Å². The number of hydrogen-bond acceptors (Lipinski definition) is 1. The first kappa shape index (κ1) is 20.8. The monoisotopic (exact) mass is 475 g/mol. The van der Waals surface area contributed by atoms with Crippen LogP contribution in [0.25, 0.3) is 0 Å². The van der Waals surface area contributed by atoms with Crippen molar-refractivity contribution in [2.75, 3.05) is 11.5 Å². The maximum atomic E-state index is 4.52. The third-order valence-corrected chi connectivity index (χ3v) is 15.6. The first-order valence-electron chi connectivity index (χ1n) is 10.3. The molecule has 0 bridgehead atoms. The van der Waals surface area contributed by atoms with Crippen molar-refractivity contribution in [3.05, 3.63) is 121 Å². The van der Waals surface area contributed by atoms with Gasteiger partial charge in [-0.15, -0.1) is 0 Å². The quantitative estimate of drug-likeness (QED) is 0.308. The molecule has 0 aliphatic heterocycles. The van der Waals surface area contributed by atoms with E-state index in [1.54, 1.807) is 0 Å². The number of nitrogens with one attached hydrogen (secondary N) is 1. The molecule has 4 aromatic carbocycles. The van der Waals surface area contributed by atoms with Crippen molar-refractivity contribution in [1.82, 2.24) is 0 Å². The van der Waals surface area contributed by atoms with Crippen molar-refractivity contribution in [3.63, 3.8) is 0 Å². The molecular formula is C27H27BrNP. The molecular weight excluding hydrogens is 449 g/mol. The van der Waals surface area contributed by atoms with Crippen molar-refractivity contribution in [3.8, 4) is 0 Å². The number of rotatable bonds is 7. The number of benzene rings is 4. The Hall–Kier alpha value is -2.41. The van der Waals surface area contributed by atoms with E-state index in [0.717, 1.165) is 11.8 Å². The summed E-state index contributed by atoms with van der Waals surface area (Å²) in [5, 5.41) is 4.88. The Bertz CT molecular complexity index is 969. The van der Waals surface area contributed by atoms with Gasteiger partial charge in [0.25, 0.3) is 0 Å². The molecule has 1 nitrogen and oxygen atoms in total. The average Bonchev–Trinajstić information content (AvgIpc) is 2.81. The predicted octanol–water partition coefficient (Wildman–Crippen LogP) is 6.33. The van der Waals surface area contributed by atoms with E-state index in [-0.39, 0.29) is 6.04 Å². The van der Waals surface area contributed by atoms with Gasteiger partial charge in [0.05, 0.1) is 0 Å². The van der Waals surface area contributed by atoms with Crippen LogP contribution in [0, 0.1) is 0 Å². The number of para-hydroxylation sites is 1. The van der Waals surface area contributed by atoms with Crippen LogP contribution >= 0.6 is 20.8 Å². The minimum absolute atomic E-state index is 0.255. The first-order chi connectivity index (χ1) is 14.6. The molecule has 0 spiro atoms. The second kappa shape index (κ2) is 8.76. The summed E-state index contributed by atoms with van der Waals surface area (Å²) in [6.07, 6.45) is 0.957. The van der Waals surface area contributed by atoms with Crippen LogP contribution in [0.4, 0.5) is 5.69 Å². The van der Waals surface area contributed by atoms with E-state index in [0.29, 0.717) is 0 Å². The number of hydrogen-bond donors (Lipinski definition) is 1. The topological polar surface area (TPSA) is 12.0 Å². The van der Waals surface area contributed by atoms with E-state index in [1.807, 2.05) is 0 Å².